The van der Waals surface area contributed by atoms with Crippen molar-refractivity contribution < 1.29 is 9.90 Å². The maximum absolute atomic E-state index is 11.8. The molecule has 0 radical (unpaired) electrons. The molecule has 0 aliphatic heterocycles. The number of rotatable bonds is 4. The zero-order valence-electron chi connectivity index (χ0n) is 10.4. The van der Waals surface area contributed by atoms with Crippen molar-refractivity contribution in [1.29, 1.82) is 0 Å². The molecule has 4 heteroatoms. The highest BCUT2D eigenvalue weighted by molar-refractivity contribution is 5.88. The minimum atomic E-state index is -1.84. The smallest absolute Gasteiger partial charge is 0.258 e. The predicted molar refractivity (Wildman–Crippen MR) is 73.0 cm³/mol. The van der Waals surface area contributed by atoms with Gasteiger partial charge in [-0.05, 0) is 16.7 Å². The molecule has 2 rings (SSSR count). The number of aliphatic hydroxyl groups is 1. The summed E-state index contributed by atoms with van der Waals surface area (Å²) in [4.78, 5) is 11.8. The van der Waals surface area contributed by atoms with Crippen LogP contribution in [0, 0.1) is 0 Å². The van der Waals surface area contributed by atoms with E-state index in [9.17, 15) is 9.90 Å². The molecule has 1 amide bonds. The van der Waals surface area contributed by atoms with Gasteiger partial charge in [0.05, 0.1) is 0 Å². The van der Waals surface area contributed by atoms with Crippen LogP contribution in [0.1, 0.15) is 16.7 Å². The number of nitrogens with two attached hydrogens (primary N) is 2. The lowest BCUT2D eigenvalue weighted by molar-refractivity contribution is -0.133. The van der Waals surface area contributed by atoms with Gasteiger partial charge in [-0.3, -0.25) is 4.79 Å². The molecule has 5 N–H and O–H groups in total. The van der Waals surface area contributed by atoms with Gasteiger partial charge in [0.2, 0.25) is 0 Å². The van der Waals surface area contributed by atoms with Gasteiger partial charge in [0.1, 0.15) is 0 Å². The van der Waals surface area contributed by atoms with E-state index in [0.717, 1.165) is 5.56 Å². The predicted octanol–water partition coefficient (Wildman–Crippen LogP) is 0.866. The van der Waals surface area contributed by atoms with Gasteiger partial charge in [0.25, 0.3) is 5.91 Å². The van der Waals surface area contributed by atoms with E-state index in [0.29, 0.717) is 17.7 Å². The number of hydrogen-bond acceptors (Lipinski definition) is 3. The first kappa shape index (κ1) is 13.3. The molecule has 1 unspecified atom stereocenters. The van der Waals surface area contributed by atoms with E-state index in [-0.39, 0.29) is 0 Å². The quantitative estimate of drug-likeness (QED) is 0.758. The molecule has 98 valence electrons. The van der Waals surface area contributed by atoms with E-state index < -0.39 is 11.5 Å². The summed E-state index contributed by atoms with van der Waals surface area (Å²) in [6, 6.07) is 15.6. The zero-order chi connectivity index (χ0) is 13.9. The Morgan fingerprint density at radius 2 is 1.68 bits per heavy atom. The van der Waals surface area contributed by atoms with Crippen LogP contribution in [0.3, 0.4) is 0 Å². The Morgan fingerprint density at radius 1 is 1.05 bits per heavy atom. The molecule has 0 aliphatic carbocycles. The van der Waals surface area contributed by atoms with Crippen LogP contribution in [0.25, 0.3) is 0 Å². The number of primary amides is 1. The molecule has 0 aromatic heterocycles. The second-order valence-corrected chi connectivity index (χ2v) is 4.35. The van der Waals surface area contributed by atoms with E-state index in [1.54, 1.807) is 48.5 Å². The van der Waals surface area contributed by atoms with Crippen molar-refractivity contribution in [3.63, 3.8) is 0 Å². The van der Waals surface area contributed by atoms with Crippen molar-refractivity contribution >= 4 is 5.91 Å². The fraction of sp³-hybridized carbons (Fsp3) is 0.133. The fourth-order valence-corrected chi connectivity index (χ4v) is 2.05. The number of benzene rings is 2. The maximum atomic E-state index is 11.8. The van der Waals surface area contributed by atoms with Gasteiger partial charge in [-0.2, -0.15) is 0 Å². The lowest BCUT2D eigenvalue weighted by Gasteiger charge is -2.26. The van der Waals surface area contributed by atoms with Gasteiger partial charge in [-0.15, -0.1) is 0 Å². The van der Waals surface area contributed by atoms with Crippen molar-refractivity contribution in [2.24, 2.45) is 11.5 Å². The third-order valence-corrected chi connectivity index (χ3v) is 3.13. The zero-order valence-corrected chi connectivity index (χ0v) is 10.4. The molecule has 4 nitrogen and oxygen atoms in total. The summed E-state index contributed by atoms with van der Waals surface area (Å²) in [6.45, 7) is 0.331. The minimum Gasteiger partial charge on any atom is -0.372 e. The van der Waals surface area contributed by atoms with Crippen LogP contribution < -0.4 is 11.5 Å². The van der Waals surface area contributed by atoms with Crippen LogP contribution in [-0.2, 0) is 16.9 Å². The van der Waals surface area contributed by atoms with Gasteiger partial charge in [-0.25, -0.2) is 0 Å². The Morgan fingerprint density at radius 3 is 2.26 bits per heavy atom. The van der Waals surface area contributed by atoms with Gasteiger partial charge >= 0.3 is 0 Å². The van der Waals surface area contributed by atoms with E-state index >= 15 is 0 Å². The standard InChI is InChI=1S/C15H16N2O2/c16-10-11-5-4-8-13(9-11)15(19,14(17)18)12-6-2-1-3-7-12/h1-9,19H,10,16H2,(H2,17,18). The Labute approximate surface area is 111 Å². The third kappa shape index (κ3) is 2.36. The van der Waals surface area contributed by atoms with Crippen LogP contribution in [0.2, 0.25) is 0 Å². The van der Waals surface area contributed by atoms with Crippen molar-refractivity contribution in [3.05, 3.63) is 71.3 Å². The summed E-state index contributed by atoms with van der Waals surface area (Å²) in [5.74, 6) is -0.812. The van der Waals surface area contributed by atoms with E-state index in [2.05, 4.69) is 0 Å². The van der Waals surface area contributed by atoms with Crippen molar-refractivity contribution in [2.75, 3.05) is 0 Å². The summed E-state index contributed by atoms with van der Waals surface area (Å²) in [7, 11) is 0. The molecular weight excluding hydrogens is 240 g/mol. The topological polar surface area (TPSA) is 89.3 Å². The monoisotopic (exact) mass is 256 g/mol. The van der Waals surface area contributed by atoms with Crippen LogP contribution in [0.15, 0.2) is 54.6 Å². The lowest BCUT2D eigenvalue weighted by Crippen LogP contribution is -2.42. The van der Waals surface area contributed by atoms with Gasteiger partial charge in [-0.1, -0.05) is 54.6 Å². The Bertz CT molecular complexity index is 584. The van der Waals surface area contributed by atoms with Crippen LogP contribution in [0.4, 0.5) is 0 Å². The lowest BCUT2D eigenvalue weighted by atomic mass is 9.85. The molecule has 19 heavy (non-hydrogen) atoms. The average Bonchev–Trinajstić information content (AvgIpc) is 2.47. The molecule has 0 heterocycles. The average molecular weight is 256 g/mol. The second kappa shape index (κ2) is 5.22. The van der Waals surface area contributed by atoms with Crippen LogP contribution in [0.5, 0.6) is 0 Å². The number of amides is 1. The molecule has 0 fully saturated rings. The summed E-state index contributed by atoms with van der Waals surface area (Å²) in [6.07, 6.45) is 0. The Hall–Kier alpha value is -2.17. The number of carbonyl (C=O) groups excluding carboxylic acids is 1. The molecule has 0 saturated heterocycles. The summed E-state index contributed by atoms with van der Waals surface area (Å²) in [5.41, 5.74) is 10.8. The van der Waals surface area contributed by atoms with Crippen molar-refractivity contribution in [1.82, 2.24) is 0 Å². The SMILES string of the molecule is NCc1cccc(C(O)(C(N)=O)c2ccccc2)c1. The van der Waals surface area contributed by atoms with Crippen LogP contribution >= 0.6 is 0 Å². The molecule has 2 aromatic carbocycles. The highest BCUT2D eigenvalue weighted by Gasteiger charge is 2.38. The third-order valence-electron chi connectivity index (χ3n) is 3.13. The highest BCUT2D eigenvalue weighted by atomic mass is 16.3. The minimum absolute atomic E-state index is 0.331. The van der Waals surface area contributed by atoms with E-state index in [1.165, 1.54) is 0 Å². The Kier molecular flexibility index (Phi) is 3.64. The van der Waals surface area contributed by atoms with Crippen LogP contribution in [-0.4, -0.2) is 11.0 Å². The molecule has 1 atom stereocenters. The molecule has 2 aromatic rings. The maximum Gasteiger partial charge on any atom is 0.258 e. The van der Waals surface area contributed by atoms with Gasteiger partial charge < -0.3 is 16.6 Å². The van der Waals surface area contributed by atoms with Crippen molar-refractivity contribution in [3.8, 4) is 0 Å². The molecule has 0 aliphatic rings. The molecule has 0 spiro atoms. The molecule has 0 bridgehead atoms. The normalized spacial score (nSPS) is 13.8. The second-order valence-electron chi connectivity index (χ2n) is 4.35. The number of hydrogen-bond donors (Lipinski definition) is 3. The summed E-state index contributed by atoms with van der Waals surface area (Å²) in [5, 5.41) is 10.7. The van der Waals surface area contributed by atoms with Gasteiger partial charge in [0, 0.05) is 6.54 Å². The first-order chi connectivity index (χ1) is 9.09. The largest absolute Gasteiger partial charge is 0.372 e. The first-order valence-corrected chi connectivity index (χ1v) is 5.96. The fourth-order valence-electron chi connectivity index (χ4n) is 2.05. The van der Waals surface area contributed by atoms with E-state index in [4.69, 9.17) is 11.5 Å². The van der Waals surface area contributed by atoms with E-state index in [1.807, 2.05) is 6.07 Å². The molecular formula is C15H16N2O2. The summed E-state index contributed by atoms with van der Waals surface area (Å²) >= 11 is 0. The first-order valence-electron chi connectivity index (χ1n) is 5.96. The summed E-state index contributed by atoms with van der Waals surface area (Å²) < 4.78 is 0. The Balaban J connectivity index is 2.60. The van der Waals surface area contributed by atoms with Gasteiger partial charge in [0.15, 0.2) is 5.60 Å². The molecule has 0 saturated carbocycles. The van der Waals surface area contributed by atoms with Crippen molar-refractivity contribution in [2.45, 2.75) is 12.1 Å². The highest BCUT2D eigenvalue weighted by Crippen LogP contribution is 2.29. The number of carbonyl (C=O) groups is 1.